The summed E-state index contributed by atoms with van der Waals surface area (Å²) < 4.78 is 29.7. The molecule has 0 aliphatic heterocycles. The molecule has 0 atom stereocenters. The average molecular weight is 266 g/mol. The predicted octanol–water partition coefficient (Wildman–Crippen LogP) is -0.172. The van der Waals surface area contributed by atoms with Crippen LogP contribution in [0.1, 0.15) is 0 Å². The molecule has 0 heterocycles. The quantitative estimate of drug-likeness (QED) is 0.276. The highest BCUT2D eigenvalue weighted by Gasteiger charge is 2.04. The maximum absolute atomic E-state index is 10.7. The van der Waals surface area contributed by atoms with Gasteiger partial charge in [-0.2, -0.15) is 0 Å². The van der Waals surface area contributed by atoms with E-state index in [1.807, 2.05) is 0 Å². The third kappa shape index (κ3) is 10.4. The van der Waals surface area contributed by atoms with Crippen LogP contribution in [0, 0.1) is 0 Å². The largest absolute Gasteiger partial charge is 0.467 e. The number of methoxy groups -OCH3 is 3. The summed E-state index contributed by atoms with van der Waals surface area (Å²) in [6, 6.07) is 0. The highest BCUT2D eigenvalue weighted by atomic mass is 16.7. The molecule has 0 aliphatic carbocycles. The lowest BCUT2D eigenvalue weighted by Gasteiger charge is -2.13. The average Bonchev–Trinajstić information content (AvgIpc) is 2.40. The van der Waals surface area contributed by atoms with E-state index in [4.69, 9.17) is 23.7 Å². The van der Waals surface area contributed by atoms with Crippen molar-refractivity contribution in [2.45, 2.75) is 6.29 Å². The van der Waals surface area contributed by atoms with Gasteiger partial charge in [0.1, 0.15) is 6.61 Å². The number of hydrogen-bond acceptors (Lipinski definition) is 7. The Labute approximate surface area is 107 Å². The molecule has 0 saturated carbocycles. The predicted molar refractivity (Wildman–Crippen MR) is 62.3 cm³/mol. The van der Waals surface area contributed by atoms with Gasteiger partial charge in [0.05, 0.1) is 40.1 Å². The van der Waals surface area contributed by atoms with E-state index in [0.29, 0.717) is 33.0 Å². The Balaban J connectivity index is 3.14. The van der Waals surface area contributed by atoms with Gasteiger partial charge in [-0.05, 0) is 0 Å². The van der Waals surface area contributed by atoms with Gasteiger partial charge in [-0.15, -0.1) is 0 Å². The van der Waals surface area contributed by atoms with Gasteiger partial charge in [-0.3, -0.25) is 0 Å². The van der Waals surface area contributed by atoms with E-state index in [1.54, 1.807) is 14.2 Å². The zero-order valence-electron chi connectivity index (χ0n) is 11.2. The molecule has 0 aromatic heterocycles. The highest BCUT2D eigenvalue weighted by Crippen LogP contribution is 1.91. The van der Waals surface area contributed by atoms with Gasteiger partial charge in [0, 0.05) is 14.2 Å². The number of carbonyl (C=O) groups is 1. The maximum atomic E-state index is 10.7. The number of carbonyl (C=O) groups excluding carboxylic acids is 1. The van der Waals surface area contributed by atoms with Crippen LogP contribution in [0.4, 0.5) is 0 Å². The number of hydrogen-bond donors (Lipinski definition) is 0. The topological polar surface area (TPSA) is 72.5 Å². The Hall–Kier alpha value is -0.730. The fourth-order valence-electron chi connectivity index (χ4n) is 0.964. The lowest BCUT2D eigenvalue weighted by molar-refractivity contribution is -0.147. The molecule has 0 saturated heterocycles. The Morgan fingerprint density at radius 3 is 2.00 bits per heavy atom. The summed E-state index contributed by atoms with van der Waals surface area (Å²) >= 11 is 0. The molecule has 18 heavy (non-hydrogen) atoms. The first kappa shape index (κ1) is 17.3. The van der Waals surface area contributed by atoms with Gasteiger partial charge in [0.2, 0.25) is 0 Å². The number of esters is 1. The molecule has 0 spiro atoms. The summed E-state index contributed by atoms with van der Waals surface area (Å²) in [5, 5.41) is 0. The van der Waals surface area contributed by atoms with E-state index in [0.717, 1.165) is 0 Å². The molecule has 7 heteroatoms. The summed E-state index contributed by atoms with van der Waals surface area (Å²) in [5.74, 6) is -0.400. The second-order valence-corrected chi connectivity index (χ2v) is 3.22. The van der Waals surface area contributed by atoms with Crippen molar-refractivity contribution in [1.82, 2.24) is 0 Å². The van der Waals surface area contributed by atoms with Gasteiger partial charge >= 0.3 is 5.97 Å². The van der Waals surface area contributed by atoms with Crippen molar-refractivity contribution in [1.29, 1.82) is 0 Å². The zero-order chi connectivity index (χ0) is 13.6. The minimum absolute atomic E-state index is 0.0558. The van der Waals surface area contributed by atoms with E-state index >= 15 is 0 Å². The molecule has 108 valence electrons. The van der Waals surface area contributed by atoms with Crippen molar-refractivity contribution in [2.75, 3.05) is 61.0 Å². The van der Waals surface area contributed by atoms with E-state index in [1.165, 1.54) is 7.11 Å². The molecular weight excluding hydrogens is 244 g/mol. The molecule has 0 radical (unpaired) electrons. The first-order valence-electron chi connectivity index (χ1n) is 5.60. The van der Waals surface area contributed by atoms with Crippen molar-refractivity contribution < 1.29 is 33.2 Å². The fraction of sp³-hybridized carbons (Fsp3) is 0.909. The van der Waals surface area contributed by atoms with Crippen LogP contribution in [0.2, 0.25) is 0 Å². The lowest BCUT2D eigenvalue weighted by atomic mass is 10.6. The Bertz CT molecular complexity index is 194. The van der Waals surface area contributed by atoms with Crippen LogP contribution in [0.15, 0.2) is 0 Å². The van der Waals surface area contributed by atoms with Crippen LogP contribution in [-0.4, -0.2) is 73.2 Å². The molecule has 0 rings (SSSR count). The molecule has 0 aliphatic rings. The van der Waals surface area contributed by atoms with Crippen LogP contribution in [0.25, 0.3) is 0 Å². The van der Waals surface area contributed by atoms with Gasteiger partial charge in [-0.1, -0.05) is 0 Å². The zero-order valence-corrected chi connectivity index (χ0v) is 11.2. The van der Waals surface area contributed by atoms with E-state index in [2.05, 4.69) is 4.74 Å². The number of ether oxygens (including phenoxy) is 6. The summed E-state index contributed by atoms with van der Waals surface area (Å²) in [4.78, 5) is 10.7. The summed E-state index contributed by atoms with van der Waals surface area (Å²) in [7, 11) is 4.41. The van der Waals surface area contributed by atoms with Crippen LogP contribution in [-0.2, 0) is 33.2 Å². The van der Waals surface area contributed by atoms with Crippen molar-refractivity contribution >= 4 is 5.97 Å². The first-order valence-corrected chi connectivity index (χ1v) is 5.60. The van der Waals surface area contributed by atoms with Crippen molar-refractivity contribution in [3.05, 3.63) is 0 Å². The van der Waals surface area contributed by atoms with Crippen LogP contribution in [0.5, 0.6) is 0 Å². The molecule has 7 nitrogen and oxygen atoms in total. The second-order valence-electron chi connectivity index (χ2n) is 3.22. The maximum Gasteiger partial charge on any atom is 0.331 e. The Kier molecular flexibility index (Phi) is 12.2. The fourth-order valence-corrected chi connectivity index (χ4v) is 0.964. The Morgan fingerprint density at radius 2 is 1.44 bits per heavy atom. The van der Waals surface area contributed by atoms with Crippen LogP contribution < -0.4 is 0 Å². The van der Waals surface area contributed by atoms with Crippen molar-refractivity contribution in [2.24, 2.45) is 0 Å². The van der Waals surface area contributed by atoms with Gasteiger partial charge in [-0.25, -0.2) is 4.79 Å². The third-order valence-electron chi connectivity index (χ3n) is 1.97. The lowest BCUT2D eigenvalue weighted by Crippen LogP contribution is -2.21. The number of rotatable bonds is 12. The van der Waals surface area contributed by atoms with E-state index in [9.17, 15) is 4.79 Å². The summed E-state index contributed by atoms with van der Waals surface area (Å²) in [6.07, 6.45) is -0.353. The smallest absolute Gasteiger partial charge is 0.331 e. The monoisotopic (exact) mass is 266 g/mol. The molecular formula is C11H22O7. The van der Waals surface area contributed by atoms with Crippen LogP contribution in [0.3, 0.4) is 0 Å². The molecule has 0 bridgehead atoms. The minimum Gasteiger partial charge on any atom is -0.467 e. The molecule has 0 unspecified atom stereocenters. The summed E-state index contributed by atoms with van der Waals surface area (Å²) in [5.41, 5.74) is 0. The molecule has 0 aromatic rings. The molecule has 0 fully saturated rings. The normalized spacial score (nSPS) is 10.9. The first-order chi connectivity index (χ1) is 8.74. The standard InChI is InChI=1S/C11H22O7/c1-13-10(12)8-17-6-4-16-5-7-18-9-11(14-2)15-3/h11H,4-9H2,1-3H3. The summed E-state index contributed by atoms with van der Waals surface area (Å²) in [6.45, 7) is 1.93. The molecule has 0 aromatic carbocycles. The van der Waals surface area contributed by atoms with Crippen molar-refractivity contribution in [3.63, 3.8) is 0 Å². The minimum atomic E-state index is -0.400. The highest BCUT2D eigenvalue weighted by molar-refractivity contribution is 5.70. The van der Waals surface area contributed by atoms with Crippen molar-refractivity contribution in [3.8, 4) is 0 Å². The Morgan fingerprint density at radius 1 is 0.889 bits per heavy atom. The van der Waals surface area contributed by atoms with Gasteiger partial charge < -0.3 is 28.4 Å². The van der Waals surface area contributed by atoms with Gasteiger partial charge in [0.15, 0.2) is 6.29 Å². The van der Waals surface area contributed by atoms with Gasteiger partial charge in [0.25, 0.3) is 0 Å². The second kappa shape index (κ2) is 12.7. The van der Waals surface area contributed by atoms with E-state index < -0.39 is 5.97 Å². The SMILES string of the molecule is COC(=O)COCCOCCOCC(OC)OC. The molecule has 0 N–H and O–H groups in total. The van der Waals surface area contributed by atoms with Crippen LogP contribution >= 0.6 is 0 Å². The molecule has 0 amide bonds. The third-order valence-corrected chi connectivity index (χ3v) is 1.97. The van der Waals surface area contributed by atoms with E-state index in [-0.39, 0.29) is 12.9 Å².